The Labute approximate surface area is 178 Å². The lowest BCUT2D eigenvalue weighted by Gasteiger charge is -2.18. The molecular weight excluding hydrogens is 406 g/mol. The first-order chi connectivity index (χ1) is 14.1. The molecule has 1 aliphatic heterocycles. The van der Waals surface area contributed by atoms with Crippen LogP contribution in [-0.4, -0.2) is 29.9 Å². The number of para-hydroxylation sites is 2. The molecule has 3 aromatic rings. The first-order valence-electron chi connectivity index (χ1n) is 9.42. The number of urea groups is 1. The molecular formula is C22H20ClN3O2S. The quantitative estimate of drug-likeness (QED) is 0.542. The number of benzene rings is 2. The van der Waals surface area contributed by atoms with Crippen LogP contribution in [0.3, 0.4) is 0 Å². The molecule has 5 nitrogen and oxygen atoms in total. The lowest BCUT2D eigenvalue weighted by atomic mass is 10.2. The van der Waals surface area contributed by atoms with Gasteiger partial charge >= 0.3 is 6.03 Å². The Balaban J connectivity index is 1.47. The summed E-state index contributed by atoms with van der Waals surface area (Å²) in [4.78, 5) is 28.5. The molecule has 0 unspecified atom stereocenters. The standard InChI is InChI=1S/C22H20ClN3O2S/c23-16-9-7-15(8-10-16)19-11-12-20(29-19)21(27)24-17-5-1-2-6-18(17)25-22(28)26-13-3-4-14-26/h1-2,5-12H,3-4,13-14H2,(H,24,27)(H,25,28). The first-order valence-corrected chi connectivity index (χ1v) is 10.6. The van der Waals surface area contributed by atoms with Gasteiger partial charge in [-0.05, 0) is 54.8 Å². The molecule has 4 rings (SSSR count). The second kappa shape index (κ2) is 8.68. The summed E-state index contributed by atoms with van der Waals surface area (Å²) in [6, 6.07) is 18.3. The molecule has 7 heteroatoms. The van der Waals surface area contributed by atoms with Gasteiger partial charge in [0, 0.05) is 23.0 Å². The average molecular weight is 426 g/mol. The molecule has 2 aromatic carbocycles. The molecule has 0 aliphatic carbocycles. The number of hydrogen-bond acceptors (Lipinski definition) is 3. The van der Waals surface area contributed by atoms with Crippen LogP contribution in [0.2, 0.25) is 5.02 Å². The van der Waals surface area contributed by atoms with Gasteiger partial charge in [-0.25, -0.2) is 4.79 Å². The molecule has 148 valence electrons. The lowest BCUT2D eigenvalue weighted by molar-refractivity contribution is 0.103. The summed E-state index contributed by atoms with van der Waals surface area (Å²) in [6.45, 7) is 1.53. The maximum atomic E-state index is 12.8. The van der Waals surface area contributed by atoms with E-state index in [0.717, 1.165) is 36.4 Å². The molecule has 0 saturated carbocycles. The molecule has 1 fully saturated rings. The van der Waals surface area contributed by atoms with Crippen molar-refractivity contribution >= 4 is 46.3 Å². The highest BCUT2D eigenvalue weighted by Crippen LogP contribution is 2.30. The first kappa shape index (κ1) is 19.5. The Morgan fingerprint density at radius 3 is 2.21 bits per heavy atom. The van der Waals surface area contributed by atoms with Crippen LogP contribution in [0.1, 0.15) is 22.5 Å². The summed E-state index contributed by atoms with van der Waals surface area (Å²) in [6.07, 6.45) is 2.06. The van der Waals surface area contributed by atoms with E-state index in [-0.39, 0.29) is 11.9 Å². The summed E-state index contributed by atoms with van der Waals surface area (Å²) >= 11 is 7.35. The normalized spacial score (nSPS) is 13.3. The number of carbonyl (C=O) groups excluding carboxylic acids is 2. The third-order valence-corrected chi connectivity index (χ3v) is 6.15. The summed E-state index contributed by atoms with van der Waals surface area (Å²) in [5.41, 5.74) is 2.18. The van der Waals surface area contributed by atoms with Gasteiger partial charge in [0.15, 0.2) is 0 Å². The van der Waals surface area contributed by atoms with Gasteiger partial charge in [-0.15, -0.1) is 11.3 Å². The second-order valence-corrected chi connectivity index (χ2v) is 8.32. The van der Waals surface area contributed by atoms with Gasteiger partial charge < -0.3 is 15.5 Å². The minimum absolute atomic E-state index is 0.134. The van der Waals surface area contributed by atoms with Gasteiger partial charge in [-0.2, -0.15) is 0 Å². The number of anilines is 2. The van der Waals surface area contributed by atoms with Crippen LogP contribution in [0.15, 0.2) is 60.7 Å². The van der Waals surface area contributed by atoms with Crippen LogP contribution in [0, 0.1) is 0 Å². The molecule has 29 heavy (non-hydrogen) atoms. The molecule has 3 amide bonds. The van der Waals surface area contributed by atoms with E-state index >= 15 is 0 Å². The van der Waals surface area contributed by atoms with Gasteiger partial charge in [-0.1, -0.05) is 35.9 Å². The number of nitrogens with one attached hydrogen (secondary N) is 2. The Morgan fingerprint density at radius 1 is 0.862 bits per heavy atom. The van der Waals surface area contributed by atoms with Gasteiger partial charge in [0.1, 0.15) is 0 Å². The third-order valence-electron chi connectivity index (χ3n) is 4.77. The highest BCUT2D eigenvalue weighted by molar-refractivity contribution is 7.17. The summed E-state index contributed by atoms with van der Waals surface area (Å²) in [5, 5.41) is 6.50. The highest BCUT2D eigenvalue weighted by Gasteiger charge is 2.19. The Bertz CT molecular complexity index is 1030. The van der Waals surface area contributed by atoms with E-state index in [4.69, 9.17) is 11.6 Å². The van der Waals surface area contributed by atoms with Crippen LogP contribution >= 0.6 is 22.9 Å². The molecule has 1 aromatic heterocycles. The second-order valence-electron chi connectivity index (χ2n) is 6.79. The van der Waals surface area contributed by atoms with E-state index in [0.29, 0.717) is 21.3 Å². The maximum absolute atomic E-state index is 12.8. The zero-order valence-electron chi connectivity index (χ0n) is 15.7. The van der Waals surface area contributed by atoms with Gasteiger partial charge in [0.25, 0.3) is 5.91 Å². The van der Waals surface area contributed by atoms with Crippen molar-refractivity contribution in [3.8, 4) is 10.4 Å². The summed E-state index contributed by atoms with van der Waals surface area (Å²) < 4.78 is 0. The maximum Gasteiger partial charge on any atom is 0.321 e. The molecule has 0 spiro atoms. The average Bonchev–Trinajstić information content (AvgIpc) is 3.42. The predicted octanol–water partition coefficient (Wildman–Crippen LogP) is 5.95. The van der Waals surface area contributed by atoms with Crippen molar-refractivity contribution in [1.29, 1.82) is 0 Å². The SMILES string of the molecule is O=C(Nc1ccccc1NC(=O)N1CCCC1)c1ccc(-c2ccc(Cl)cc2)s1. The van der Waals surface area contributed by atoms with E-state index in [9.17, 15) is 9.59 Å². The molecule has 1 saturated heterocycles. The lowest BCUT2D eigenvalue weighted by Crippen LogP contribution is -2.32. The summed E-state index contributed by atoms with van der Waals surface area (Å²) in [5.74, 6) is -0.210. The van der Waals surface area contributed by atoms with Gasteiger partial charge in [0.2, 0.25) is 0 Å². The van der Waals surface area contributed by atoms with Crippen LogP contribution in [-0.2, 0) is 0 Å². The topological polar surface area (TPSA) is 61.4 Å². The van der Waals surface area contributed by atoms with E-state index in [1.54, 1.807) is 23.1 Å². The predicted molar refractivity (Wildman–Crippen MR) is 119 cm³/mol. The molecule has 2 N–H and O–H groups in total. The van der Waals surface area contributed by atoms with Crippen molar-refractivity contribution in [3.63, 3.8) is 0 Å². The minimum atomic E-state index is -0.210. The number of carbonyl (C=O) groups is 2. The van der Waals surface area contributed by atoms with E-state index in [1.807, 2.05) is 42.5 Å². The van der Waals surface area contributed by atoms with Crippen molar-refractivity contribution in [1.82, 2.24) is 4.90 Å². The zero-order chi connectivity index (χ0) is 20.2. The minimum Gasteiger partial charge on any atom is -0.325 e. The zero-order valence-corrected chi connectivity index (χ0v) is 17.2. The van der Waals surface area contributed by atoms with E-state index in [1.165, 1.54) is 11.3 Å². The fourth-order valence-electron chi connectivity index (χ4n) is 3.23. The number of likely N-dealkylation sites (tertiary alicyclic amines) is 1. The molecule has 2 heterocycles. The van der Waals surface area contributed by atoms with Crippen molar-refractivity contribution in [3.05, 3.63) is 70.6 Å². The Morgan fingerprint density at radius 2 is 1.52 bits per heavy atom. The van der Waals surface area contributed by atoms with E-state index in [2.05, 4.69) is 10.6 Å². The van der Waals surface area contributed by atoms with Gasteiger partial charge in [0.05, 0.1) is 16.3 Å². The molecule has 0 bridgehead atoms. The third kappa shape index (κ3) is 4.60. The number of hydrogen-bond donors (Lipinski definition) is 2. The van der Waals surface area contributed by atoms with Crippen LogP contribution in [0.5, 0.6) is 0 Å². The number of rotatable bonds is 4. The number of amides is 3. The van der Waals surface area contributed by atoms with Crippen LogP contribution in [0.25, 0.3) is 10.4 Å². The Kier molecular flexibility index (Phi) is 5.83. The molecule has 0 radical (unpaired) electrons. The smallest absolute Gasteiger partial charge is 0.321 e. The van der Waals surface area contributed by atoms with Crippen molar-refractivity contribution in [2.24, 2.45) is 0 Å². The largest absolute Gasteiger partial charge is 0.325 e. The van der Waals surface area contributed by atoms with Crippen LogP contribution < -0.4 is 10.6 Å². The number of nitrogens with zero attached hydrogens (tertiary/aromatic N) is 1. The molecule has 1 aliphatic rings. The Hall–Kier alpha value is -2.83. The van der Waals surface area contributed by atoms with Crippen molar-refractivity contribution < 1.29 is 9.59 Å². The summed E-state index contributed by atoms with van der Waals surface area (Å²) in [7, 11) is 0. The fourth-order valence-corrected chi connectivity index (χ4v) is 4.26. The van der Waals surface area contributed by atoms with Crippen molar-refractivity contribution in [2.75, 3.05) is 23.7 Å². The van der Waals surface area contributed by atoms with Crippen LogP contribution in [0.4, 0.5) is 16.2 Å². The monoisotopic (exact) mass is 425 g/mol. The molecule has 0 atom stereocenters. The fraction of sp³-hybridized carbons (Fsp3) is 0.182. The van der Waals surface area contributed by atoms with E-state index < -0.39 is 0 Å². The number of thiophene rings is 1. The van der Waals surface area contributed by atoms with Gasteiger partial charge in [-0.3, -0.25) is 4.79 Å². The number of halogens is 1. The van der Waals surface area contributed by atoms with Crippen molar-refractivity contribution in [2.45, 2.75) is 12.8 Å². The highest BCUT2D eigenvalue weighted by atomic mass is 35.5.